The van der Waals surface area contributed by atoms with Crippen molar-refractivity contribution in [2.24, 2.45) is 0 Å². The molecule has 0 fully saturated rings. The van der Waals surface area contributed by atoms with Crippen molar-refractivity contribution >= 4 is 0 Å². The van der Waals surface area contributed by atoms with E-state index in [0.29, 0.717) is 19.0 Å². The zero-order chi connectivity index (χ0) is 15.8. The fraction of sp³-hybridized carbons (Fsp3) is 0.625. The number of rotatable bonds is 9. The van der Waals surface area contributed by atoms with Crippen molar-refractivity contribution in [2.45, 2.75) is 25.9 Å². The Kier molecular flexibility index (Phi) is 7.50. The van der Waals surface area contributed by atoms with E-state index in [4.69, 9.17) is 14.2 Å². The molecule has 0 bridgehead atoms. The summed E-state index contributed by atoms with van der Waals surface area (Å²) in [6, 6.07) is 5.89. The molecular formula is C16H27NO4. The van der Waals surface area contributed by atoms with E-state index in [0.717, 1.165) is 12.1 Å². The number of methoxy groups -OCH3 is 3. The first-order valence-electron chi connectivity index (χ1n) is 7.15. The van der Waals surface area contributed by atoms with Crippen molar-refractivity contribution in [1.29, 1.82) is 0 Å². The number of benzene rings is 1. The Balaban J connectivity index is 2.94. The Morgan fingerprint density at radius 1 is 1.14 bits per heavy atom. The lowest BCUT2D eigenvalue weighted by atomic mass is 10.0. The van der Waals surface area contributed by atoms with Crippen LogP contribution in [-0.4, -0.2) is 57.1 Å². The van der Waals surface area contributed by atoms with E-state index >= 15 is 0 Å². The number of aromatic hydroxyl groups is 1. The summed E-state index contributed by atoms with van der Waals surface area (Å²) in [6.07, 6.45) is 0. The summed E-state index contributed by atoms with van der Waals surface area (Å²) in [4.78, 5) is 2.32. The molecule has 0 spiro atoms. The van der Waals surface area contributed by atoms with Crippen molar-refractivity contribution in [2.75, 3.05) is 41.1 Å². The van der Waals surface area contributed by atoms with Crippen LogP contribution in [0.3, 0.4) is 0 Å². The average molecular weight is 297 g/mol. The van der Waals surface area contributed by atoms with Crippen molar-refractivity contribution in [3.63, 3.8) is 0 Å². The van der Waals surface area contributed by atoms with Crippen LogP contribution < -0.4 is 4.74 Å². The molecule has 5 heteroatoms. The molecule has 5 nitrogen and oxygen atoms in total. The number of ether oxygens (including phenoxy) is 3. The van der Waals surface area contributed by atoms with Crippen molar-refractivity contribution in [1.82, 2.24) is 4.90 Å². The number of phenolic OH excluding ortho intramolecular Hbond substituents is 1. The van der Waals surface area contributed by atoms with Crippen LogP contribution >= 0.6 is 0 Å². The Morgan fingerprint density at radius 3 is 2.43 bits per heavy atom. The van der Waals surface area contributed by atoms with Crippen LogP contribution in [0, 0.1) is 0 Å². The van der Waals surface area contributed by atoms with E-state index in [1.54, 1.807) is 27.4 Å². The maximum atomic E-state index is 9.71. The highest BCUT2D eigenvalue weighted by Crippen LogP contribution is 2.31. The molecule has 0 aromatic heterocycles. The monoisotopic (exact) mass is 297 g/mol. The first kappa shape index (κ1) is 17.8. The predicted octanol–water partition coefficient (Wildman–Crippen LogP) is 2.45. The molecule has 0 aliphatic carbocycles. The Hall–Kier alpha value is -1.30. The second kappa shape index (κ2) is 8.87. The first-order valence-corrected chi connectivity index (χ1v) is 7.15. The van der Waals surface area contributed by atoms with Gasteiger partial charge in [-0.05, 0) is 31.5 Å². The third kappa shape index (κ3) is 4.88. The molecule has 120 valence electrons. The fourth-order valence-corrected chi connectivity index (χ4v) is 2.47. The van der Waals surface area contributed by atoms with Gasteiger partial charge in [-0.15, -0.1) is 0 Å². The SMILES string of the molecule is COCCN(C(C)COC)C(C)c1ccc(O)c(OC)c1. The van der Waals surface area contributed by atoms with Crippen molar-refractivity contribution in [3.8, 4) is 11.5 Å². The van der Waals surface area contributed by atoms with Gasteiger partial charge in [-0.2, -0.15) is 0 Å². The standard InChI is InChI=1S/C16H27NO4/c1-12(11-20-4)17(8-9-19-3)13(2)14-6-7-15(18)16(10-14)21-5/h6-7,10,12-13,18H,8-9,11H2,1-5H3. The summed E-state index contributed by atoms with van der Waals surface area (Å²) in [5.41, 5.74) is 1.09. The van der Waals surface area contributed by atoms with Gasteiger partial charge < -0.3 is 19.3 Å². The largest absolute Gasteiger partial charge is 0.504 e. The average Bonchev–Trinajstić information content (AvgIpc) is 2.48. The van der Waals surface area contributed by atoms with Gasteiger partial charge in [0.2, 0.25) is 0 Å². The summed E-state index contributed by atoms with van der Waals surface area (Å²) in [5.74, 6) is 0.646. The molecule has 0 saturated heterocycles. The minimum Gasteiger partial charge on any atom is -0.504 e. The van der Waals surface area contributed by atoms with Gasteiger partial charge in [0, 0.05) is 32.8 Å². The normalized spacial score (nSPS) is 14.2. The van der Waals surface area contributed by atoms with E-state index in [1.807, 2.05) is 12.1 Å². The number of hydrogen-bond donors (Lipinski definition) is 1. The van der Waals surface area contributed by atoms with Gasteiger partial charge >= 0.3 is 0 Å². The van der Waals surface area contributed by atoms with Crippen LogP contribution in [0.15, 0.2) is 18.2 Å². The van der Waals surface area contributed by atoms with Gasteiger partial charge in [0.15, 0.2) is 11.5 Å². The molecule has 0 radical (unpaired) electrons. The minimum absolute atomic E-state index is 0.154. The highest BCUT2D eigenvalue weighted by molar-refractivity contribution is 5.42. The first-order chi connectivity index (χ1) is 10.0. The molecule has 1 aromatic carbocycles. The smallest absolute Gasteiger partial charge is 0.160 e. The van der Waals surface area contributed by atoms with E-state index in [1.165, 1.54) is 0 Å². The topological polar surface area (TPSA) is 51.2 Å². The molecule has 0 heterocycles. The molecule has 1 rings (SSSR count). The summed E-state index contributed by atoms with van der Waals surface area (Å²) in [6.45, 7) is 6.39. The molecule has 0 aliphatic heterocycles. The van der Waals surface area contributed by atoms with Crippen LogP contribution in [0.1, 0.15) is 25.5 Å². The van der Waals surface area contributed by atoms with E-state index < -0.39 is 0 Å². The van der Waals surface area contributed by atoms with Gasteiger partial charge in [-0.1, -0.05) is 6.07 Å². The summed E-state index contributed by atoms with van der Waals surface area (Å²) < 4.78 is 15.7. The van der Waals surface area contributed by atoms with Gasteiger partial charge in [-0.3, -0.25) is 4.90 Å². The molecule has 1 N–H and O–H groups in total. The predicted molar refractivity (Wildman–Crippen MR) is 83.0 cm³/mol. The van der Waals surface area contributed by atoms with Crippen molar-refractivity contribution < 1.29 is 19.3 Å². The molecule has 2 atom stereocenters. The Morgan fingerprint density at radius 2 is 1.86 bits per heavy atom. The second-order valence-corrected chi connectivity index (χ2v) is 5.14. The van der Waals surface area contributed by atoms with Gasteiger partial charge in [0.05, 0.1) is 20.3 Å². The lowest BCUT2D eigenvalue weighted by Gasteiger charge is -2.34. The van der Waals surface area contributed by atoms with Gasteiger partial charge in [0.25, 0.3) is 0 Å². The second-order valence-electron chi connectivity index (χ2n) is 5.14. The third-order valence-corrected chi connectivity index (χ3v) is 3.71. The van der Waals surface area contributed by atoms with Crippen LogP contribution in [0.4, 0.5) is 0 Å². The summed E-state index contributed by atoms with van der Waals surface area (Å²) in [5, 5.41) is 9.71. The van der Waals surface area contributed by atoms with Crippen LogP contribution in [0.2, 0.25) is 0 Å². The number of hydrogen-bond acceptors (Lipinski definition) is 5. The summed E-state index contributed by atoms with van der Waals surface area (Å²) in [7, 11) is 4.96. The van der Waals surface area contributed by atoms with Crippen LogP contribution in [0.5, 0.6) is 11.5 Å². The molecule has 1 aromatic rings. The number of phenols is 1. The zero-order valence-corrected chi connectivity index (χ0v) is 13.6. The quantitative estimate of drug-likeness (QED) is 0.759. The van der Waals surface area contributed by atoms with Crippen LogP contribution in [0.25, 0.3) is 0 Å². The van der Waals surface area contributed by atoms with Gasteiger partial charge in [0.1, 0.15) is 0 Å². The Labute approximate surface area is 127 Å². The maximum Gasteiger partial charge on any atom is 0.160 e. The van der Waals surface area contributed by atoms with E-state index in [-0.39, 0.29) is 17.8 Å². The molecular weight excluding hydrogens is 270 g/mol. The lowest BCUT2D eigenvalue weighted by molar-refractivity contribution is 0.0514. The molecule has 0 saturated carbocycles. The Bertz CT molecular complexity index is 425. The van der Waals surface area contributed by atoms with E-state index in [9.17, 15) is 5.11 Å². The number of nitrogens with zero attached hydrogens (tertiary/aromatic N) is 1. The minimum atomic E-state index is 0.154. The maximum absolute atomic E-state index is 9.71. The highest BCUT2D eigenvalue weighted by Gasteiger charge is 2.22. The van der Waals surface area contributed by atoms with Gasteiger partial charge in [-0.25, -0.2) is 0 Å². The molecule has 2 unspecified atom stereocenters. The fourth-order valence-electron chi connectivity index (χ4n) is 2.47. The molecule has 0 amide bonds. The molecule has 0 aliphatic rings. The lowest BCUT2D eigenvalue weighted by Crippen LogP contribution is -2.40. The van der Waals surface area contributed by atoms with Crippen LogP contribution in [-0.2, 0) is 9.47 Å². The highest BCUT2D eigenvalue weighted by atomic mass is 16.5. The third-order valence-electron chi connectivity index (χ3n) is 3.71. The van der Waals surface area contributed by atoms with Crippen molar-refractivity contribution in [3.05, 3.63) is 23.8 Å². The van der Waals surface area contributed by atoms with E-state index in [2.05, 4.69) is 18.7 Å². The zero-order valence-electron chi connectivity index (χ0n) is 13.6. The molecule has 21 heavy (non-hydrogen) atoms. The summed E-state index contributed by atoms with van der Waals surface area (Å²) >= 11 is 0.